The largest absolute Gasteiger partial charge is 0.463 e. The van der Waals surface area contributed by atoms with E-state index in [2.05, 4.69) is 16.1 Å². The standard InChI is InChI=1S/C11H9NO6/c1-7(10(13)17-2)18-11(14)8-3-5-9(6-4-8)12(15)16/h3-6H,1H2,2H3. The van der Waals surface area contributed by atoms with Crippen molar-refractivity contribution in [1.82, 2.24) is 0 Å². The molecular weight excluding hydrogens is 242 g/mol. The second-order valence-electron chi connectivity index (χ2n) is 3.11. The second-order valence-corrected chi connectivity index (χ2v) is 3.11. The van der Waals surface area contributed by atoms with Crippen molar-refractivity contribution in [1.29, 1.82) is 0 Å². The normalized spacial score (nSPS) is 9.39. The number of hydrogen-bond acceptors (Lipinski definition) is 6. The molecule has 0 amide bonds. The maximum absolute atomic E-state index is 11.5. The minimum atomic E-state index is -0.870. The SMILES string of the molecule is C=C(OC(=O)c1ccc([N+](=O)[O-])cc1)C(=O)OC. The van der Waals surface area contributed by atoms with Crippen molar-refractivity contribution in [2.45, 2.75) is 0 Å². The molecule has 0 aliphatic rings. The third-order valence-corrected chi connectivity index (χ3v) is 1.94. The Balaban J connectivity index is 2.76. The minimum Gasteiger partial charge on any atom is -0.463 e. The van der Waals surface area contributed by atoms with Gasteiger partial charge in [-0.1, -0.05) is 0 Å². The van der Waals surface area contributed by atoms with Crippen LogP contribution in [0.3, 0.4) is 0 Å². The Labute approximate surface area is 102 Å². The first-order valence-corrected chi connectivity index (χ1v) is 4.69. The van der Waals surface area contributed by atoms with Crippen molar-refractivity contribution in [2.75, 3.05) is 7.11 Å². The van der Waals surface area contributed by atoms with Crippen molar-refractivity contribution in [2.24, 2.45) is 0 Å². The molecule has 94 valence electrons. The molecule has 7 nitrogen and oxygen atoms in total. The summed E-state index contributed by atoms with van der Waals surface area (Å²) in [5.41, 5.74) is -0.0935. The average Bonchev–Trinajstić information content (AvgIpc) is 2.37. The number of nitrogens with zero attached hydrogens (tertiary/aromatic N) is 1. The number of nitro benzene ring substituents is 1. The van der Waals surface area contributed by atoms with Crippen LogP contribution in [0.4, 0.5) is 5.69 Å². The molecule has 0 N–H and O–H groups in total. The van der Waals surface area contributed by atoms with E-state index in [-0.39, 0.29) is 11.3 Å². The van der Waals surface area contributed by atoms with Crippen LogP contribution in [0.2, 0.25) is 0 Å². The van der Waals surface area contributed by atoms with E-state index in [9.17, 15) is 19.7 Å². The van der Waals surface area contributed by atoms with Crippen LogP contribution in [0.25, 0.3) is 0 Å². The summed E-state index contributed by atoms with van der Waals surface area (Å²) in [6.45, 7) is 3.21. The van der Waals surface area contributed by atoms with Gasteiger partial charge in [-0.25, -0.2) is 9.59 Å². The highest BCUT2D eigenvalue weighted by Gasteiger charge is 2.16. The molecule has 0 saturated carbocycles. The van der Waals surface area contributed by atoms with Crippen LogP contribution in [-0.2, 0) is 14.3 Å². The number of ether oxygens (including phenoxy) is 2. The fraction of sp³-hybridized carbons (Fsp3) is 0.0909. The van der Waals surface area contributed by atoms with Gasteiger partial charge in [0, 0.05) is 12.1 Å². The van der Waals surface area contributed by atoms with Gasteiger partial charge in [0.15, 0.2) is 0 Å². The highest BCUT2D eigenvalue weighted by molar-refractivity contribution is 5.95. The monoisotopic (exact) mass is 251 g/mol. The number of nitro groups is 1. The molecule has 0 aromatic heterocycles. The molecule has 0 heterocycles. The first kappa shape index (κ1) is 13.4. The average molecular weight is 251 g/mol. The Bertz CT molecular complexity index is 505. The van der Waals surface area contributed by atoms with Gasteiger partial charge in [0.25, 0.3) is 5.69 Å². The summed E-state index contributed by atoms with van der Waals surface area (Å²) in [5.74, 6) is -2.17. The van der Waals surface area contributed by atoms with Crippen LogP contribution in [-0.4, -0.2) is 24.0 Å². The van der Waals surface area contributed by atoms with Gasteiger partial charge in [0.1, 0.15) is 0 Å². The van der Waals surface area contributed by atoms with E-state index >= 15 is 0 Å². The fourth-order valence-electron chi connectivity index (χ4n) is 1.05. The van der Waals surface area contributed by atoms with E-state index in [1.54, 1.807) is 0 Å². The number of rotatable bonds is 4. The summed E-state index contributed by atoms with van der Waals surface area (Å²) in [5, 5.41) is 10.4. The van der Waals surface area contributed by atoms with E-state index in [0.717, 1.165) is 19.2 Å². The first-order valence-electron chi connectivity index (χ1n) is 4.69. The minimum absolute atomic E-state index is 0.0608. The van der Waals surface area contributed by atoms with E-state index in [4.69, 9.17) is 0 Å². The van der Waals surface area contributed by atoms with E-state index in [0.29, 0.717) is 0 Å². The lowest BCUT2D eigenvalue weighted by Crippen LogP contribution is -2.12. The summed E-state index contributed by atoms with van der Waals surface area (Å²) in [6.07, 6.45) is 0. The topological polar surface area (TPSA) is 95.7 Å². The molecule has 0 bridgehead atoms. The van der Waals surface area contributed by atoms with E-state index in [1.807, 2.05) is 0 Å². The molecule has 0 aliphatic carbocycles. The zero-order valence-electron chi connectivity index (χ0n) is 9.41. The number of methoxy groups -OCH3 is 1. The van der Waals surface area contributed by atoms with Gasteiger partial charge in [-0.2, -0.15) is 0 Å². The van der Waals surface area contributed by atoms with Crippen LogP contribution in [0.1, 0.15) is 10.4 Å². The number of carbonyl (C=O) groups excluding carboxylic acids is 2. The lowest BCUT2D eigenvalue weighted by molar-refractivity contribution is -0.384. The smallest absolute Gasteiger partial charge is 0.373 e. The highest BCUT2D eigenvalue weighted by atomic mass is 16.6. The first-order chi connectivity index (χ1) is 8.45. The molecule has 0 atom stereocenters. The number of carbonyl (C=O) groups is 2. The van der Waals surface area contributed by atoms with Crippen molar-refractivity contribution < 1.29 is 24.0 Å². The van der Waals surface area contributed by atoms with Crippen LogP contribution in [0.15, 0.2) is 36.6 Å². The molecule has 7 heteroatoms. The van der Waals surface area contributed by atoms with Crippen LogP contribution in [0.5, 0.6) is 0 Å². The molecular formula is C11H9NO6. The van der Waals surface area contributed by atoms with Gasteiger partial charge in [-0.3, -0.25) is 10.1 Å². The Morgan fingerprint density at radius 1 is 1.28 bits per heavy atom. The van der Waals surface area contributed by atoms with Gasteiger partial charge in [-0.05, 0) is 18.7 Å². The van der Waals surface area contributed by atoms with Gasteiger partial charge >= 0.3 is 11.9 Å². The fourth-order valence-corrected chi connectivity index (χ4v) is 1.05. The Hall–Kier alpha value is -2.70. The van der Waals surface area contributed by atoms with Crippen LogP contribution < -0.4 is 0 Å². The summed E-state index contributed by atoms with van der Waals surface area (Å²) in [7, 11) is 1.12. The highest BCUT2D eigenvalue weighted by Crippen LogP contribution is 2.13. The van der Waals surface area contributed by atoms with Gasteiger partial charge < -0.3 is 9.47 Å². The third-order valence-electron chi connectivity index (χ3n) is 1.94. The predicted octanol–water partition coefficient (Wildman–Crippen LogP) is 1.44. The molecule has 0 saturated heterocycles. The summed E-state index contributed by atoms with van der Waals surface area (Å²) < 4.78 is 8.91. The lowest BCUT2D eigenvalue weighted by atomic mass is 10.2. The van der Waals surface area contributed by atoms with E-state index in [1.165, 1.54) is 12.1 Å². The zero-order chi connectivity index (χ0) is 13.7. The maximum Gasteiger partial charge on any atom is 0.373 e. The van der Waals surface area contributed by atoms with Crippen LogP contribution in [0, 0.1) is 10.1 Å². The second kappa shape index (κ2) is 5.58. The molecule has 0 spiro atoms. The third kappa shape index (κ3) is 3.14. The Morgan fingerprint density at radius 3 is 2.28 bits per heavy atom. The number of non-ortho nitro benzene ring substituents is 1. The molecule has 18 heavy (non-hydrogen) atoms. The Morgan fingerprint density at radius 2 is 1.83 bits per heavy atom. The molecule has 0 fully saturated rings. The molecule has 1 aromatic carbocycles. The summed E-state index contributed by atoms with van der Waals surface area (Å²) in [6, 6.07) is 4.73. The number of esters is 2. The molecule has 0 radical (unpaired) electrons. The maximum atomic E-state index is 11.5. The predicted molar refractivity (Wildman–Crippen MR) is 59.7 cm³/mol. The van der Waals surface area contributed by atoms with E-state index < -0.39 is 22.6 Å². The van der Waals surface area contributed by atoms with Crippen molar-refractivity contribution in [3.63, 3.8) is 0 Å². The Kier molecular flexibility index (Phi) is 4.14. The molecule has 1 rings (SSSR count). The summed E-state index contributed by atoms with van der Waals surface area (Å²) in [4.78, 5) is 32.2. The van der Waals surface area contributed by atoms with Crippen molar-refractivity contribution in [3.05, 3.63) is 52.3 Å². The van der Waals surface area contributed by atoms with Gasteiger partial charge in [0.2, 0.25) is 5.76 Å². The van der Waals surface area contributed by atoms with Crippen LogP contribution >= 0.6 is 0 Å². The summed E-state index contributed by atoms with van der Waals surface area (Å²) >= 11 is 0. The quantitative estimate of drug-likeness (QED) is 0.264. The molecule has 1 aromatic rings. The zero-order valence-corrected chi connectivity index (χ0v) is 9.41. The molecule has 0 aliphatic heterocycles. The number of benzene rings is 1. The van der Waals surface area contributed by atoms with Gasteiger partial charge in [0.05, 0.1) is 17.6 Å². The molecule has 0 unspecified atom stereocenters. The van der Waals surface area contributed by atoms with Gasteiger partial charge in [-0.15, -0.1) is 0 Å². The number of hydrogen-bond donors (Lipinski definition) is 0. The van der Waals surface area contributed by atoms with Crippen molar-refractivity contribution in [3.8, 4) is 0 Å². The lowest BCUT2D eigenvalue weighted by Gasteiger charge is -2.04. The van der Waals surface area contributed by atoms with Crippen molar-refractivity contribution >= 4 is 17.6 Å².